The highest BCUT2D eigenvalue weighted by Gasteiger charge is 2.30. The molecule has 0 bridgehead atoms. The molecule has 0 aromatic carbocycles. The Labute approximate surface area is 124 Å². The third-order valence-corrected chi connectivity index (χ3v) is 3.93. The van der Waals surface area contributed by atoms with Gasteiger partial charge in [0.05, 0.1) is 18.8 Å². The monoisotopic (exact) mass is 290 g/mol. The summed E-state index contributed by atoms with van der Waals surface area (Å²) >= 11 is 0. The maximum absolute atomic E-state index is 5.68. The van der Waals surface area contributed by atoms with E-state index in [9.17, 15) is 0 Å². The summed E-state index contributed by atoms with van der Waals surface area (Å²) in [5.74, 6) is 2.26. The standard InChI is InChI=1S/C15H22N4O2/c1-4-19-15-12(10-20-3)7-18(9-14(15)16-17-19)8-13-6-5-11(2)21-13/h5-6,12H,4,7-10H2,1-3H3/t12-/m0/s1. The van der Waals surface area contributed by atoms with Crippen molar-refractivity contribution in [3.05, 3.63) is 35.0 Å². The first kappa shape index (κ1) is 14.3. The molecule has 2 aromatic heterocycles. The van der Waals surface area contributed by atoms with Crippen LogP contribution in [-0.2, 0) is 24.4 Å². The average Bonchev–Trinajstić information content (AvgIpc) is 3.05. The van der Waals surface area contributed by atoms with Crippen molar-refractivity contribution in [2.75, 3.05) is 20.3 Å². The first-order valence-corrected chi connectivity index (χ1v) is 7.40. The fourth-order valence-corrected chi connectivity index (χ4v) is 3.07. The summed E-state index contributed by atoms with van der Waals surface area (Å²) in [6.07, 6.45) is 0. The molecule has 1 aliphatic heterocycles. The Morgan fingerprint density at radius 3 is 2.95 bits per heavy atom. The minimum atomic E-state index is 0.310. The van der Waals surface area contributed by atoms with Gasteiger partial charge in [-0.25, -0.2) is 4.68 Å². The summed E-state index contributed by atoms with van der Waals surface area (Å²) < 4.78 is 13.1. The Kier molecular flexibility index (Phi) is 4.07. The van der Waals surface area contributed by atoms with Crippen molar-refractivity contribution in [2.45, 2.75) is 39.4 Å². The van der Waals surface area contributed by atoms with Gasteiger partial charge >= 0.3 is 0 Å². The van der Waals surface area contributed by atoms with Crippen molar-refractivity contribution in [2.24, 2.45) is 0 Å². The number of ether oxygens (including phenoxy) is 1. The van der Waals surface area contributed by atoms with E-state index in [0.717, 1.165) is 43.4 Å². The van der Waals surface area contributed by atoms with Crippen LogP contribution in [0.5, 0.6) is 0 Å². The molecule has 2 aromatic rings. The van der Waals surface area contributed by atoms with Crippen LogP contribution in [0.25, 0.3) is 0 Å². The molecule has 3 heterocycles. The van der Waals surface area contributed by atoms with Crippen LogP contribution in [0, 0.1) is 6.92 Å². The van der Waals surface area contributed by atoms with Crippen LogP contribution in [-0.4, -0.2) is 40.2 Å². The minimum absolute atomic E-state index is 0.310. The quantitative estimate of drug-likeness (QED) is 0.842. The molecule has 0 amide bonds. The molecule has 21 heavy (non-hydrogen) atoms. The van der Waals surface area contributed by atoms with Crippen molar-refractivity contribution in [3.63, 3.8) is 0 Å². The molecule has 1 atom stereocenters. The van der Waals surface area contributed by atoms with Crippen molar-refractivity contribution >= 4 is 0 Å². The first-order valence-electron chi connectivity index (χ1n) is 7.40. The number of nitrogens with zero attached hydrogens (tertiary/aromatic N) is 4. The molecule has 0 fully saturated rings. The lowest BCUT2D eigenvalue weighted by atomic mass is 9.99. The normalized spacial score (nSPS) is 18.9. The van der Waals surface area contributed by atoms with Crippen LogP contribution < -0.4 is 0 Å². The highest BCUT2D eigenvalue weighted by molar-refractivity contribution is 5.20. The predicted molar refractivity (Wildman–Crippen MR) is 77.9 cm³/mol. The van der Waals surface area contributed by atoms with E-state index in [1.54, 1.807) is 7.11 Å². The molecule has 0 aliphatic carbocycles. The largest absolute Gasteiger partial charge is 0.465 e. The lowest BCUT2D eigenvalue weighted by molar-refractivity contribution is 0.127. The van der Waals surface area contributed by atoms with Crippen LogP contribution in [0.3, 0.4) is 0 Å². The van der Waals surface area contributed by atoms with E-state index in [1.807, 2.05) is 23.7 Å². The summed E-state index contributed by atoms with van der Waals surface area (Å²) in [5.41, 5.74) is 2.29. The number of aromatic nitrogens is 3. The highest BCUT2D eigenvalue weighted by Crippen LogP contribution is 2.28. The Balaban J connectivity index is 1.80. The molecule has 0 N–H and O–H groups in total. The highest BCUT2D eigenvalue weighted by atomic mass is 16.5. The Hall–Kier alpha value is -1.66. The number of fused-ring (bicyclic) bond motifs is 1. The lowest BCUT2D eigenvalue weighted by Crippen LogP contribution is -2.36. The smallest absolute Gasteiger partial charge is 0.118 e. The van der Waals surface area contributed by atoms with E-state index in [4.69, 9.17) is 9.15 Å². The third kappa shape index (κ3) is 2.87. The van der Waals surface area contributed by atoms with Crippen LogP contribution in [0.4, 0.5) is 0 Å². The van der Waals surface area contributed by atoms with Crippen molar-refractivity contribution in [3.8, 4) is 0 Å². The second-order valence-corrected chi connectivity index (χ2v) is 5.57. The van der Waals surface area contributed by atoms with Gasteiger partial charge in [-0.15, -0.1) is 5.10 Å². The van der Waals surface area contributed by atoms with E-state index in [-0.39, 0.29) is 0 Å². The molecule has 0 saturated heterocycles. The van der Waals surface area contributed by atoms with Crippen molar-refractivity contribution in [1.29, 1.82) is 0 Å². The molecule has 114 valence electrons. The number of aryl methyl sites for hydroxylation is 2. The number of rotatable bonds is 5. The van der Waals surface area contributed by atoms with Gasteiger partial charge in [0.2, 0.25) is 0 Å². The van der Waals surface area contributed by atoms with Gasteiger partial charge in [-0.2, -0.15) is 0 Å². The zero-order valence-corrected chi connectivity index (χ0v) is 12.9. The van der Waals surface area contributed by atoms with E-state index in [1.165, 1.54) is 5.69 Å². The van der Waals surface area contributed by atoms with Gasteiger partial charge in [0.25, 0.3) is 0 Å². The molecule has 0 unspecified atom stereocenters. The maximum atomic E-state index is 5.68. The number of hydrogen-bond donors (Lipinski definition) is 0. The first-order chi connectivity index (χ1) is 10.2. The van der Waals surface area contributed by atoms with E-state index >= 15 is 0 Å². The second-order valence-electron chi connectivity index (χ2n) is 5.57. The zero-order chi connectivity index (χ0) is 14.8. The predicted octanol–water partition coefficient (Wildman–Crippen LogP) is 1.95. The van der Waals surface area contributed by atoms with E-state index in [0.29, 0.717) is 12.5 Å². The van der Waals surface area contributed by atoms with Gasteiger partial charge in [-0.05, 0) is 26.0 Å². The molecule has 0 spiro atoms. The van der Waals surface area contributed by atoms with Crippen LogP contribution in [0.15, 0.2) is 16.5 Å². The van der Waals surface area contributed by atoms with Gasteiger partial charge < -0.3 is 9.15 Å². The molecule has 0 radical (unpaired) electrons. The van der Waals surface area contributed by atoms with Gasteiger partial charge in [0.1, 0.15) is 17.2 Å². The van der Waals surface area contributed by atoms with Crippen LogP contribution in [0.1, 0.15) is 35.7 Å². The summed E-state index contributed by atoms with van der Waals surface area (Å²) in [7, 11) is 1.74. The minimum Gasteiger partial charge on any atom is -0.465 e. The molecule has 0 saturated carbocycles. The Morgan fingerprint density at radius 2 is 2.29 bits per heavy atom. The van der Waals surface area contributed by atoms with Gasteiger partial charge in [0, 0.05) is 32.7 Å². The zero-order valence-electron chi connectivity index (χ0n) is 12.9. The topological polar surface area (TPSA) is 56.3 Å². The number of furan rings is 1. The van der Waals surface area contributed by atoms with Crippen LogP contribution >= 0.6 is 0 Å². The van der Waals surface area contributed by atoms with E-state index in [2.05, 4.69) is 22.1 Å². The van der Waals surface area contributed by atoms with Gasteiger partial charge in [-0.1, -0.05) is 5.21 Å². The Morgan fingerprint density at radius 1 is 1.43 bits per heavy atom. The summed E-state index contributed by atoms with van der Waals surface area (Å²) in [6.45, 7) is 8.15. The summed E-state index contributed by atoms with van der Waals surface area (Å²) in [5, 5.41) is 8.60. The second kappa shape index (κ2) is 5.99. The third-order valence-electron chi connectivity index (χ3n) is 3.93. The molecular formula is C15H22N4O2. The van der Waals surface area contributed by atoms with Crippen LogP contribution in [0.2, 0.25) is 0 Å². The summed E-state index contributed by atoms with van der Waals surface area (Å²) in [6, 6.07) is 4.05. The Bertz CT molecular complexity index is 605. The number of hydrogen-bond acceptors (Lipinski definition) is 5. The van der Waals surface area contributed by atoms with Gasteiger partial charge in [0.15, 0.2) is 0 Å². The molecule has 6 heteroatoms. The number of methoxy groups -OCH3 is 1. The molecule has 1 aliphatic rings. The summed E-state index contributed by atoms with van der Waals surface area (Å²) in [4.78, 5) is 2.35. The van der Waals surface area contributed by atoms with E-state index < -0.39 is 0 Å². The fraction of sp³-hybridized carbons (Fsp3) is 0.600. The molecular weight excluding hydrogens is 268 g/mol. The molecule has 3 rings (SSSR count). The van der Waals surface area contributed by atoms with Gasteiger partial charge in [-0.3, -0.25) is 4.90 Å². The average molecular weight is 290 g/mol. The van der Waals surface area contributed by atoms with Crippen molar-refractivity contribution < 1.29 is 9.15 Å². The SMILES string of the molecule is CCn1nnc2c1[C@H](COC)CN(Cc1ccc(C)o1)C2. The van der Waals surface area contributed by atoms with Crippen molar-refractivity contribution in [1.82, 2.24) is 19.9 Å². The molecule has 6 nitrogen and oxygen atoms in total. The lowest BCUT2D eigenvalue weighted by Gasteiger charge is -2.31. The maximum Gasteiger partial charge on any atom is 0.118 e. The fourth-order valence-electron chi connectivity index (χ4n) is 3.07.